The van der Waals surface area contributed by atoms with E-state index in [1.54, 1.807) is 0 Å². The van der Waals surface area contributed by atoms with E-state index >= 15 is 0 Å². The van der Waals surface area contributed by atoms with E-state index in [0.29, 0.717) is 0 Å². The van der Waals surface area contributed by atoms with Crippen LogP contribution in [0, 0.1) is 0 Å². The number of hydrogen-bond acceptors (Lipinski definition) is 1. The predicted octanol–water partition coefficient (Wildman–Crippen LogP) is -3.64. The summed E-state index contributed by atoms with van der Waals surface area (Å²) in [6.45, 7) is 0. The smallest absolute Gasteiger partial charge is 0.326 e. The molecule has 0 bridgehead atoms. The molecule has 0 aliphatic carbocycles. The van der Waals surface area contributed by atoms with E-state index in [0.717, 1.165) is 0 Å². The zero-order valence-electron chi connectivity index (χ0n) is 3.21. The first-order valence-electron chi connectivity index (χ1n) is 0.651. The van der Waals surface area contributed by atoms with Crippen molar-refractivity contribution in [2.24, 2.45) is 0 Å². The van der Waals surface area contributed by atoms with Crippen molar-refractivity contribution in [3.8, 4) is 0 Å². The van der Waals surface area contributed by atoms with Crippen molar-refractivity contribution in [2.45, 2.75) is 0 Å². The summed E-state index contributed by atoms with van der Waals surface area (Å²) < 4.78 is 8.74. The Morgan fingerprint density at radius 1 is 1.33 bits per heavy atom. The second-order valence-corrected chi connectivity index (χ2v) is 0.848. The van der Waals surface area contributed by atoms with Crippen molar-refractivity contribution < 1.29 is 65.0 Å². The molecule has 0 heterocycles. The van der Waals surface area contributed by atoms with E-state index in [9.17, 15) is 0 Å². The van der Waals surface area contributed by atoms with Crippen molar-refractivity contribution >= 4 is 8.25 Å². The average molecular weight is 289 g/mol. The van der Waals surface area contributed by atoms with Crippen LogP contribution in [-0.2, 0) is 25.6 Å². The molecule has 0 saturated heterocycles. The molecule has 3 nitrogen and oxygen atoms in total. The van der Waals surface area contributed by atoms with Crippen LogP contribution in [0.1, 0.15) is 0 Å². The van der Waals surface area contributed by atoms with Gasteiger partial charge in [-0.25, -0.2) is 0 Å². The van der Waals surface area contributed by atoms with Gasteiger partial charge in [0.15, 0.2) is 0 Å². The molecule has 0 aliphatic heterocycles. The quantitative estimate of drug-likeness (QED) is 0.357. The molecule has 0 amide bonds. The molecule has 0 aliphatic rings. The third-order valence-electron chi connectivity index (χ3n) is 0. The van der Waals surface area contributed by atoms with Gasteiger partial charge in [-0.15, -0.1) is 0 Å². The minimum atomic E-state index is -3.13. The van der Waals surface area contributed by atoms with Gasteiger partial charge in [0.05, 0.1) is 0 Å². The Morgan fingerprint density at radius 2 is 1.33 bits per heavy atom. The van der Waals surface area contributed by atoms with Crippen molar-refractivity contribution in [3.05, 3.63) is 0 Å². The fraction of sp³-hybridized carbons (Fsp3) is 0. The van der Waals surface area contributed by atoms with E-state index in [4.69, 9.17) is 14.4 Å². The van der Waals surface area contributed by atoms with Gasteiger partial charge in [-0.1, -0.05) is 0 Å². The van der Waals surface area contributed by atoms with Gasteiger partial charge >= 0.3 is 37.8 Å². The predicted molar refractivity (Wildman–Crippen MR) is 13.4 cm³/mol. The van der Waals surface area contributed by atoms with Gasteiger partial charge in [-0.05, 0) is 0 Å². The Hall–Kier alpha value is 1.84. The summed E-state index contributed by atoms with van der Waals surface area (Å²) in [5.41, 5.74) is 0. The standard InChI is InChI=1S/Na.H3O3P.W/c;1-4(2)3;/h;4H,(H2,1,2,3);/q+1;;. The maximum Gasteiger partial charge on any atom is 1.00 e. The van der Waals surface area contributed by atoms with E-state index < -0.39 is 8.25 Å². The van der Waals surface area contributed by atoms with Crippen LogP contribution >= 0.6 is 8.25 Å². The maximum atomic E-state index is 8.74. The summed E-state index contributed by atoms with van der Waals surface area (Å²) in [5.74, 6) is 0. The molecule has 0 aromatic heterocycles. The molecule has 2 N–H and O–H groups in total. The molecule has 0 unspecified atom stereocenters. The second kappa shape index (κ2) is 9.96. The summed E-state index contributed by atoms with van der Waals surface area (Å²) in [6, 6.07) is 0. The van der Waals surface area contributed by atoms with Crippen molar-refractivity contribution in [1.29, 1.82) is 0 Å². The second-order valence-electron chi connectivity index (χ2n) is 0.283. The minimum Gasteiger partial charge on any atom is -0.326 e. The number of hydrogen-bond donors (Lipinski definition) is 2. The van der Waals surface area contributed by atoms with Gasteiger partial charge in [0.25, 0.3) is 0 Å². The molecular formula is H3NaO3PW+. The van der Waals surface area contributed by atoms with Gasteiger partial charge in [-0.2, -0.15) is 0 Å². The molecule has 0 rings (SSSR count). The Labute approximate surface area is 72.6 Å². The largest absolute Gasteiger partial charge is 1.00 e. The Bertz CT molecular complexity index is 33.8. The molecule has 0 aromatic carbocycles. The fourth-order valence-corrected chi connectivity index (χ4v) is 0. The first kappa shape index (κ1) is 15.7. The van der Waals surface area contributed by atoms with E-state index in [1.807, 2.05) is 0 Å². The van der Waals surface area contributed by atoms with E-state index in [2.05, 4.69) is 0 Å². The molecule has 32 valence electrons. The molecule has 6 heavy (non-hydrogen) atoms. The Morgan fingerprint density at radius 3 is 1.33 bits per heavy atom. The van der Waals surface area contributed by atoms with Crippen LogP contribution in [0.3, 0.4) is 0 Å². The molecule has 0 aromatic rings. The van der Waals surface area contributed by atoms with Crippen LogP contribution in [0.2, 0.25) is 0 Å². The zero-order valence-corrected chi connectivity index (χ0v) is 9.14. The Balaban J connectivity index is -0.0000000450. The van der Waals surface area contributed by atoms with Gasteiger partial charge in [0, 0.05) is 21.1 Å². The molecular weight excluding hydrogens is 286 g/mol. The summed E-state index contributed by atoms with van der Waals surface area (Å²) >= 11 is 0. The molecule has 0 saturated carbocycles. The van der Waals surface area contributed by atoms with Crippen LogP contribution in [0.25, 0.3) is 0 Å². The summed E-state index contributed by atoms with van der Waals surface area (Å²) in [6.07, 6.45) is 0. The molecule has 6 heteroatoms. The van der Waals surface area contributed by atoms with Crippen LogP contribution in [0.5, 0.6) is 0 Å². The summed E-state index contributed by atoms with van der Waals surface area (Å²) in [7, 11) is -3.13. The van der Waals surface area contributed by atoms with Gasteiger partial charge in [0.1, 0.15) is 0 Å². The van der Waals surface area contributed by atoms with Gasteiger partial charge in [-0.3, -0.25) is 4.57 Å². The molecule has 0 fully saturated rings. The van der Waals surface area contributed by atoms with Crippen LogP contribution in [0.4, 0.5) is 0 Å². The third kappa shape index (κ3) is 40.4. The monoisotopic (exact) mass is 289 g/mol. The SMILES string of the molecule is O=[PH](O)O.[Na+].[W]. The van der Waals surface area contributed by atoms with Gasteiger partial charge < -0.3 is 9.79 Å². The molecule has 0 radical (unpaired) electrons. The zero-order chi connectivity index (χ0) is 3.58. The first-order chi connectivity index (χ1) is 1.73. The maximum absolute atomic E-state index is 8.74. The first-order valence-corrected chi connectivity index (χ1v) is 1.95. The Kier molecular flexibility index (Phi) is 26.0. The number of rotatable bonds is 0. The topological polar surface area (TPSA) is 57.5 Å². The van der Waals surface area contributed by atoms with Crippen molar-refractivity contribution in [1.82, 2.24) is 0 Å². The summed E-state index contributed by atoms with van der Waals surface area (Å²) in [5, 5.41) is 0. The van der Waals surface area contributed by atoms with Crippen molar-refractivity contribution in [3.63, 3.8) is 0 Å². The van der Waals surface area contributed by atoms with Crippen molar-refractivity contribution in [2.75, 3.05) is 0 Å². The minimum absolute atomic E-state index is 0. The van der Waals surface area contributed by atoms with Crippen LogP contribution in [0.15, 0.2) is 0 Å². The summed E-state index contributed by atoms with van der Waals surface area (Å²) in [4.78, 5) is 14.3. The normalized spacial score (nSPS) is 5.83. The third-order valence-corrected chi connectivity index (χ3v) is 0. The van der Waals surface area contributed by atoms with Crippen LogP contribution in [-0.4, -0.2) is 9.79 Å². The van der Waals surface area contributed by atoms with E-state index in [-0.39, 0.29) is 50.6 Å². The molecule has 0 atom stereocenters. The van der Waals surface area contributed by atoms with Crippen LogP contribution < -0.4 is 29.6 Å². The molecule has 0 spiro atoms. The van der Waals surface area contributed by atoms with E-state index in [1.165, 1.54) is 0 Å². The average Bonchev–Trinajstić information content (AvgIpc) is 0.811. The fourth-order valence-electron chi connectivity index (χ4n) is 0. The van der Waals surface area contributed by atoms with Gasteiger partial charge in [0.2, 0.25) is 0 Å².